The van der Waals surface area contributed by atoms with Crippen molar-refractivity contribution in [3.05, 3.63) is 28.8 Å². The Hall–Kier alpha value is -1.02. The molecule has 2 rings (SSSR count). The van der Waals surface area contributed by atoms with Gasteiger partial charge in [-0.05, 0) is 48.4 Å². The summed E-state index contributed by atoms with van der Waals surface area (Å²) in [4.78, 5) is 0. The predicted molar refractivity (Wildman–Crippen MR) is 57.4 cm³/mol. The maximum Gasteiger partial charge on any atom is 0.119 e. The summed E-state index contributed by atoms with van der Waals surface area (Å²) in [5, 5.41) is 9.74. The van der Waals surface area contributed by atoms with Crippen LogP contribution in [0.2, 0.25) is 0 Å². The van der Waals surface area contributed by atoms with Crippen LogP contribution in [0, 0.1) is 0 Å². The molecule has 0 saturated carbocycles. The molecule has 0 radical (unpaired) electrons. The fourth-order valence-corrected chi connectivity index (χ4v) is 2.38. The van der Waals surface area contributed by atoms with Gasteiger partial charge >= 0.3 is 0 Å². The second-order valence-electron chi connectivity index (χ2n) is 3.99. The van der Waals surface area contributed by atoms with Crippen LogP contribution in [0.4, 0.5) is 0 Å². The Kier molecular flexibility index (Phi) is 2.46. The van der Waals surface area contributed by atoms with Crippen LogP contribution < -0.4 is 5.73 Å². The van der Waals surface area contributed by atoms with Gasteiger partial charge in [-0.2, -0.15) is 0 Å². The fourth-order valence-electron chi connectivity index (χ4n) is 2.38. The van der Waals surface area contributed by atoms with Crippen LogP contribution >= 0.6 is 0 Å². The van der Waals surface area contributed by atoms with E-state index in [4.69, 9.17) is 5.73 Å². The van der Waals surface area contributed by atoms with E-state index in [0.717, 1.165) is 31.2 Å². The van der Waals surface area contributed by atoms with Crippen LogP contribution in [-0.4, -0.2) is 5.11 Å². The maximum absolute atomic E-state index is 9.74. The van der Waals surface area contributed by atoms with Crippen molar-refractivity contribution < 1.29 is 5.11 Å². The van der Waals surface area contributed by atoms with Crippen LogP contribution in [0.15, 0.2) is 12.1 Å². The van der Waals surface area contributed by atoms with Gasteiger partial charge in [-0.3, -0.25) is 0 Å². The van der Waals surface area contributed by atoms with Gasteiger partial charge < -0.3 is 10.8 Å². The normalized spacial score (nSPS) is 20.6. The highest BCUT2D eigenvalue weighted by Gasteiger charge is 2.21. The van der Waals surface area contributed by atoms with Crippen molar-refractivity contribution >= 4 is 0 Å². The van der Waals surface area contributed by atoms with Gasteiger partial charge in [-0.1, -0.05) is 13.0 Å². The average molecular weight is 191 g/mol. The lowest BCUT2D eigenvalue weighted by Gasteiger charge is -2.25. The van der Waals surface area contributed by atoms with E-state index in [-0.39, 0.29) is 6.04 Å². The molecule has 3 N–H and O–H groups in total. The molecule has 1 aromatic carbocycles. The van der Waals surface area contributed by atoms with Gasteiger partial charge in [0.05, 0.1) is 0 Å². The molecule has 0 amide bonds. The van der Waals surface area contributed by atoms with Crippen LogP contribution in [0.25, 0.3) is 0 Å². The number of aromatic hydroxyl groups is 1. The van der Waals surface area contributed by atoms with Crippen molar-refractivity contribution in [2.75, 3.05) is 0 Å². The van der Waals surface area contributed by atoms with E-state index in [1.165, 1.54) is 11.1 Å². The first-order valence-corrected chi connectivity index (χ1v) is 5.33. The van der Waals surface area contributed by atoms with E-state index >= 15 is 0 Å². The summed E-state index contributed by atoms with van der Waals surface area (Å²) in [6.45, 7) is 2.13. The van der Waals surface area contributed by atoms with E-state index < -0.39 is 0 Å². The van der Waals surface area contributed by atoms with Crippen molar-refractivity contribution in [1.82, 2.24) is 0 Å². The van der Waals surface area contributed by atoms with Crippen molar-refractivity contribution in [3.63, 3.8) is 0 Å². The molecule has 1 aliphatic carbocycles. The van der Waals surface area contributed by atoms with Gasteiger partial charge in [0, 0.05) is 6.04 Å². The SMILES string of the molecule is CCc1ccc(O)c2c1[C@H](N)CCC2. The fraction of sp³-hybridized carbons (Fsp3) is 0.500. The van der Waals surface area contributed by atoms with Crippen LogP contribution in [0.1, 0.15) is 42.5 Å². The van der Waals surface area contributed by atoms with Gasteiger partial charge in [-0.15, -0.1) is 0 Å². The lowest BCUT2D eigenvalue weighted by atomic mass is 9.84. The quantitative estimate of drug-likeness (QED) is 0.715. The monoisotopic (exact) mass is 191 g/mol. The number of rotatable bonds is 1. The third kappa shape index (κ3) is 1.40. The Labute approximate surface area is 84.7 Å². The Morgan fingerprint density at radius 2 is 2.29 bits per heavy atom. The molecule has 0 aliphatic heterocycles. The van der Waals surface area contributed by atoms with Gasteiger partial charge in [0.1, 0.15) is 5.75 Å². The topological polar surface area (TPSA) is 46.2 Å². The third-order valence-corrected chi connectivity index (χ3v) is 3.12. The molecule has 14 heavy (non-hydrogen) atoms. The minimum atomic E-state index is 0.126. The average Bonchev–Trinajstić information content (AvgIpc) is 2.20. The van der Waals surface area contributed by atoms with Crippen molar-refractivity contribution in [1.29, 1.82) is 0 Å². The van der Waals surface area contributed by atoms with E-state index in [1.54, 1.807) is 6.07 Å². The molecule has 2 heteroatoms. The standard InChI is InChI=1S/C12H17NO/c1-2-8-6-7-11(14)9-4-3-5-10(13)12(8)9/h6-7,10,14H,2-5,13H2,1H3/t10-/m1/s1. The summed E-state index contributed by atoms with van der Waals surface area (Å²) in [5.74, 6) is 0.423. The first kappa shape index (κ1) is 9.53. The van der Waals surface area contributed by atoms with E-state index in [1.807, 2.05) is 6.07 Å². The molecule has 0 spiro atoms. The molecular weight excluding hydrogens is 174 g/mol. The number of phenols is 1. The molecular formula is C12H17NO. The zero-order chi connectivity index (χ0) is 10.1. The molecule has 0 aromatic heterocycles. The highest BCUT2D eigenvalue weighted by molar-refractivity contribution is 5.47. The number of phenolic OH excluding ortho intramolecular Hbond substituents is 1. The molecule has 1 aliphatic rings. The number of aryl methyl sites for hydroxylation is 1. The van der Waals surface area contributed by atoms with Crippen molar-refractivity contribution in [2.45, 2.75) is 38.6 Å². The summed E-state index contributed by atoms with van der Waals surface area (Å²) >= 11 is 0. The zero-order valence-electron chi connectivity index (χ0n) is 8.59. The summed E-state index contributed by atoms with van der Waals surface area (Å²) in [6, 6.07) is 3.93. The van der Waals surface area contributed by atoms with Gasteiger partial charge in [0.15, 0.2) is 0 Å². The van der Waals surface area contributed by atoms with Crippen LogP contribution in [0.3, 0.4) is 0 Å². The van der Waals surface area contributed by atoms with Crippen LogP contribution in [-0.2, 0) is 12.8 Å². The van der Waals surface area contributed by atoms with Gasteiger partial charge in [-0.25, -0.2) is 0 Å². The summed E-state index contributed by atoms with van der Waals surface area (Å²) in [7, 11) is 0. The van der Waals surface area contributed by atoms with Crippen LogP contribution in [0.5, 0.6) is 5.75 Å². The molecule has 0 saturated heterocycles. The molecule has 0 heterocycles. The summed E-state index contributed by atoms with van der Waals surface area (Å²) < 4.78 is 0. The van der Waals surface area contributed by atoms with Gasteiger partial charge in [0.2, 0.25) is 0 Å². The Bertz CT molecular complexity index is 346. The van der Waals surface area contributed by atoms with Gasteiger partial charge in [0.25, 0.3) is 0 Å². The second-order valence-corrected chi connectivity index (χ2v) is 3.99. The minimum absolute atomic E-state index is 0.126. The highest BCUT2D eigenvalue weighted by atomic mass is 16.3. The number of hydrogen-bond donors (Lipinski definition) is 2. The Morgan fingerprint density at radius 1 is 1.50 bits per heavy atom. The number of benzene rings is 1. The summed E-state index contributed by atoms with van der Waals surface area (Å²) in [5.41, 5.74) is 9.67. The Morgan fingerprint density at radius 3 is 3.00 bits per heavy atom. The van der Waals surface area contributed by atoms with Crippen molar-refractivity contribution in [3.8, 4) is 5.75 Å². The lowest BCUT2D eigenvalue weighted by Crippen LogP contribution is -2.19. The second kappa shape index (κ2) is 3.62. The van der Waals surface area contributed by atoms with Crippen molar-refractivity contribution in [2.24, 2.45) is 5.73 Å². The molecule has 1 atom stereocenters. The molecule has 1 aromatic rings. The Balaban J connectivity index is 2.58. The molecule has 0 fully saturated rings. The third-order valence-electron chi connectivity index (χ3n) is 3.12. The number of hydrogen-bond acceptors (Lipinski definition) is 2. The minimum Gasteiger partial charge on any atom is -0.508 e. The largest absolute Gasteiger partial charge is 0.508 e. The van der Waals surface area contributed by atoms with E-state index in [9.17, 15) is 5.11 Å². The summed E-state index contributed by atoms with van der Waals surface area (Å²) in [6.07, 6.45) is 4.11. The number of fused-ring (bicyclic) bond motifs is 1. The zero-order valence-corrected chi connectivity index (χ0v) is 8.59. The molecule has 76 valence electrons. The molecule has 0 bridgehead atoms. The van der Waals surface area contributed by atoms with E-state index in [0.29, 0.717) is 5.75 Å². The van der Waals surface area contributed by atoms with E-state index in [2.05, 4.69) is 6.92 Å². The molecule has 2 nitrogen and oxygen atoms in total. The first-order chi connectivity index (χ1) is 6.74. The predicted octanol–water partition coefficient (Wildman–Crippen LogP) is 2.29. The molecule has 0 unspecified atom stereocenters. The first-order valence-electron chi connectivity index (χ1n) is 5.33. The maximum atomic E-state index is 9.74. The lowest BCUT2D eigenvalue weighted by molar-refractivity contribution is 0.454. The number of nitrogens with two attached hydrogens (primary N) is 1. The smallest absolute Gasteiger partial charge is 0.119 e. The highest BCUT2D eigenvalue weighted by Crippen LogP contribution is 2.36.